The van der Waals surface area contributed by atoms with Crippen molar-refractivity contribution in [3.05, 3.63) is 0 Å². The molecule has 26 heavy (non-hydrogen) atoms. The summed E-state index contributed by atoms with van der Waals surface area (Å²) in [6.45, 7) is 4.48. The van der Waals surface area contributed by atoms with E-state index < -0.39 is 12.1 Å². The van der Waals surface area contributed by atoms with E-state index in [4.69, 9.17) is 0 Å². The van der Waals surface area contributed by atoms with Crippen LogP contribution in [0.3, 0.4) is 0 Å². The summed E-state index contributed by atoms with van der Waals surface area (Å²) in [6.07, 6.45) is 14.6. The van der Waals surface area contributed by atoms with Gasteiger partial charge in [-0.2, -0.15) is 0 Å². The van der Waals surface area contributed by atoms with Gasteiger partial charge in [-0.3, -0.25) is 4.79 Å². The molecule has 1 heterocycles. The van der Waals surface area contributed by atoms with Crippen LogP contribution in [-0.2, 0) is 4.79 Å². The van der Waals surface area contributed by atoms with Gasteiger partial charge in [-0.1, -0.05) is 71.1 Å². The summed E-state index contributed by atoms with van der Waals surface area (Å²) in [5.41, 5.74) is 0. The quantitative estimate of drug-likeness (QED) is 0.354. The number of hydrogen-bond donors (Lipinski definition) is 4. The van der Waals surface area contributed by atoms with Crippen molar-refractivity contribution in [2.24, 2.45) is 5.92 Å². The molecule has 1 fully saturated rings. The molecule has 0 saturated carbocycles. The zero-order valence-corrected chi connectivity index (χ0v) is 17.0. The van der Waals surface area contributed by atoms with Crippen molar-refractivity contribution in [3.63, 3.8) is 0 Å². The number of aliphatic hydroxyl groups is 2. The average Bonchev–Trinajstić information content (AvgIpc) is 2.64. The van der Waals surface area contributed by atoms with Crippen molar-refractivity contribution in [1.29, 1.82) is 0 Å². The van der Waals surface area contributed by atoms with Crippen molar-refractivity contribution in [2.75, 3.05) is 13.2 Å². The van der Waals surface area contributed by atoms with Gasteiger partial charge in [-0.05, 0) is 32.2 Å². The molecule has 1 rings (SSSR count). The summed E-state index contributed by atoms with van der Waals surface area (Å²) in [5.74, 6) is 0.511. The van der Waals surface area contributed by atoms with Gasteiger partial charge in [0.1, 0.15) is 0 Å². The molecule has 0 aliphatic carbocycles. The Morgan fingerprint density at radius 2 is 1.73 bits per heavy atom. The Hall–Kier alpha value is -0.650. The Morgan fingerprint density at radius 3 is 2.31 bits per heavy atom. The van der Waals surface area contributed by atoms with Crippen molar-refractivity contribution in [3.8, 4) is 0 Å². The number of nitrogens with one attached hydrogen (secondary N) is 2. The van der Waals surface area contributed by atoms with Gasteiger partial charge in [-0.25, -0.2) is 0 Å². The zero-order chi connectivity index (χ0) is 19.2. The topological polar surface area (TPSA) is 81.6 Å². The van der Waals surface area contributed by atoms with Gasteiger partial charge in [0.25, 0.3) is 0 Å². The van der Waals surface area contributed by atoms with Gasteiger partial charge in [0.15, 0.2) is 0 Å². The second-order valence-corrected chi connectivity index (χ2v) is 8.05. The standard InChI is InChI=1S/C21H42N2O3/c1-3-4-5-6-7-8-9-10-11-12-18-13-14-22-19(15-18)21(26)23-20(16-24)17(2)25/h17-20,22,24-25H,3-16H2,1-2H3,(H,23,26)/t17-,18+,19-,20-/m0/s1. The maximum absolute atomic E-state index is 12.3. The van der Waals surface area contributed by atoms with Gasteiger partial charge < -0.3 is 20.8 Å². The van der Waals surface area contributed by atoms with E-state index in [-0.39, 0.29) is 18.6 Å². The molecule has 0 bridgehead atoms. The lowest BCUT2D eigenvalue weighted by Gasteiger charge is -2.31. The molecule has 0 aromatic carbocycles. The number of carbonyl (C=O) groups excluding carboxylic acids is 1. The van der Waals surface area contributed by atoms with Crippen LogP contribution in [0.5, 0.6) is 0 Å². The number of rotatable bonds is 14. The highest BCUT2D eigenvalue weighted by molar-refractivity contribution is 5.82. The monoisotopic (exact) mass is 370 g/mol. The lowest BCUT2D eigenvalue weighted by atomic mass is 9.87. The normalized spacial score (nSPS) is 22.8. The molecule has 0 unspecified atom stereocenters. The van der Waals surface area contributed by atoms with Gasteiger partial charge in [0, 0.05) is 0 Å². The average molecular weight is 371 g/mol. The maximum Gasteiger partial charge on any atom is 0.237 e. The number of aliphatic hydroxyl groups excluding tert-OH is 2. The highest BCUT2D eigenvalue weighted by atomic mass is 16.3. The third kappa shape index (κ3) is 9.89. The van der Waals surface area contributed by atoms with E-state index in [1.165, 1.54) is 64.2 Å². The molecule has 5 heteroatoms. The van der Waals surface area contributed by atoms with Crippen LogP contribution in [0.15, 0.2) is 0 Å². The molecule has 1 saturated heterocycles. The van der Waals surface area contributed by atoms with E-state index in [0.717, 1.165) is 19.4 Å². The van der Waals surface area contributed by atoms with Gasteiger partial charge in [0.2, 0.25) is 5.91 Å². The molecule has 1 aliphatic heterocycles. The number of carbonyl (C=O) groups is 1. The molecule has 0 radical (unpaired) electrons. The van der Waals surface area contributed by atoms with E-state index >= 15 is 0 Å². The summed E-state index contributed by atoms with van der Waals surface area (Å²) in [5, 5.41) is 24.8. The Morgan fingerprint density at radius 1 is 1.12 bits per heavy atom. The van der Waals surface area contributed by atoms with Crippen molar-refractivity contribution in [1.82, 2.24) is 10.6 Å². The summed E-state index contributed by atoms with van der Waals surface area (Å²) >= 11 is 0. The van der Waals surface area contributed by atoms with E-state index in [1.807, 2.05) is 0 Å². The Bertz CT molecular complexity index is 363. The van der Waals surface area contributed by atoms with Gasteiger partial charge in [-0.15, -0.1) is 0 Å². The van der Waals surface area contributed by atoms with Crippen LogP contribution in [0, 0.1) is 5.92 Å². The first kappa shape index (κ1) is 23.4. The third-order valence-electron chi connectivity index (χ3n) is 5.65. The third-order valence-corrected chi connectivity index (χ3v) is 5.65. The SMILES string of the molecule is CCCCCCCCCCC[C@@H]1CCN[C@H](C(=O)N[C@@H](CO)[C@H](C)O)C1. The predicted molar refractivity (Wildman–Crippen MR) is 107 cm³/mol. The van der Waals surface area contributed by atoms with E-state index in [1.54, 1.807) is 6.92 Å². The number of hydrogen-bond acceptors (Lipinski definition) is 4. The van der Waals surface area contributed by atoms with Crippen molar-refractivity contribution in [2.45, 2.75) is 109 Å². The smallest absolute Gasteiger partial charge is 0.237 e. The largest absolute Gasteiger partial charge is 0.394 e. The fraction of sp³-hybridized carbons (Fsp3) is 0.952. The minimum Gasteiger partial charge on any atom is -0.394 e. The minimum absolute atomic E-state index is 0.0956. The Balaban J connectivity index is 2.14. The fourth-order valence-corrected chi connectivity index (χ4v) is 3.80. The molecular formula is C21H42N2O3. The second-order valence-electron chi connectivity index (χ2n) is 8.05. The highest BCUT2D eigenvalue weighted by Crippen LogP contribution is 2.23. The summed E-state index contributed by atoms with van der Waals surface area (Å²) in [7, 11) is 0. The molecule has 0 aromatic heterocycles. The second kappa shape index (κ2) is 14.4. The van der Waals surface area contributed by atoms with E-state index in [2.05, 4.69) is 17.6 Å². The Labute approximate surface area is 160 Å². The first-order valence-corrected chi connectivity index (χ1v) is 10.9. The predicted octanol–water partition coefficient (Wildman–Crippen LogP) is 3.13. The molecule has 0 spiro atoms. The van der Waals surface area contributed by atoms with Crippen LogP contribution in [0.4, 0.5) is 0 Å². The summed E-state index contributed by atoms with van der Waals surface area (Å²) < 4.78 is 0. The molecule has 5 nitrogen and oxygen atoms in total. The van der Waals surface area contributed by atoms with Gasteiger partial charge in [0.05, 0.1) is 24.8 Å². The van der Waals surface area contributed by atoms with E-state index in [9.17, 15) is 15.0 Å². The molecule has 4 atom stereocenters. The first-order valence-electron chi connectivity index (χ1n) is 10.9. The van der Waals surface area contributed by atoms with Crippen LogP contribution in [0.25, 0.3) is 0 Å². The maximum atomic E-state index is 12.3. The van der Waals surface area contributed by atoms with E-state index in [0.29, 0.717) is 5.92 Å². The van der Waals surface area contributed by atoms with Crippen LogP contribution in [0.1, 0.15) is 90.9 Å². The number of unbranched alkanes of at least 4 members (excludes halogenated alkanes) is 8. The van der Waals surface area contributed by atoms with Crippen molar-refractivity contribution >= 4 is 5.91 Å². The number of piperidine rings is 1. The lowest BCUT2D eigenvalue weighted by molar-refractivity contribution is -0.126. The molecular weight excluding hydrogens is 328 g/mol. The lowest BCUT2D eigenvalue weighted by Crippen LogP contribution is -2.54. The summed E-state index contributed by atoms with van der Waals surface area (Å²) in [6, 6.07) is -0.776. The minimum atomic E-state index is -0.745. The molecule has 154 valence electrons. The van der Waals surface area contributed by atoms with Crippen LogP contribution in [0.2, 0.25) is 0 Å². The fourth-order valence-electron chi connectivity index (χ4n) is 3.80. The van der Waals surface area contributed by atoms with Gasteiger partial charge >= 0.3 is 0 Å². The van der Waals surface area contributed by atoms with Crippen molar-refractivity contribution < 1.29 is 15.0 Å². The summed E-state index contributed by atoms with van der Waals surface area (Å²) in [4.78, 5) is 12.3. The molecule has 1 aliphatic rings. The highest BCUT2D eigenvalue weighted by Gasteiger charge is 2.28. The van der Waals surface area contributed by atoms with Crippen LogP contribution < -0.4 is 10.6 Å². The van der Waals surface area contributed by atoms with Crippen LogP contribution >= 0.6 is 0 Å². The Kier molecular flexibility index (Phi) is 13.0. The number of amides is 1. The first-order chi connectivity index (χ1) is 12.6. The van der Waals surface area contributed by atoms with Crippen LogP contribution in [-0.4, -0.2) is 47.5 Å². The molecule has 0 aromatic rings. The molecule has 4 N–H and O–H groups in total. The zero-order valence-electron chi connectivity index (χ0n) is 17.0. The molecule has 1 amide bonds.